The van der Waals surface area contributed by atoms with Crippen molar-refractivity contribution in [3.63, 3.8) is 0 Å². The van der Waals surface area contributed by atoms with Crippen molar-refractivity contribution in [2.75, 3.05) is 0 Å². The number of carbonyl (C=O) groups excluding carboxylic acids is 1. The number of carbonyl (C=O) groups is 1. The Labute approximate surface area is 96.4 Å². The van der Waals surface area contributed by atoms with Gasteiger partial charge in [0.2, 0.25) is 0 Å². The van der Waals surface area contributed by atoms with Crippen molar-refractivity contribution in [1.82, 2.24) is 0 Å². The maximum Gasteiger partial charge on any atom is 0.183 e. The van der Waals surface area contributed by atoms with E-state index in [1.807, 2.05) is 0 Å². The molecule has 0 heterocycles. The van der Waals surface area contributed by atoms with Crippen LogP contribution in [0.25, 0.3) is 0 Å². The minimum atomic E-state index is -3.33. The summed E-state index contributed by atoms with van der Waals surface area (Å²) >= 11 is 0. The van der Waals surface area contributed by atoms with Gasteiger partial charge in [-0.15, -0.1) is 0 Å². The number of hydrogen-bond donors (Lipinski definition) is 0. The summed E-state index contributed by atoms with van der Waals surface area (Å²) in [4.78, 5) is 11.3. The second-order valence-corrected chi connectivity index (χ2v) is 7.40. The average Bonchev–Trinajstić information content (AvgIpc) is 2.16. The van der Waals surface area contributed by atoms with Gasteiger partial charge in [0.25, 0.3) is 0 Å². The van der Waals surface area contributed by atoms with Crippen LogP contribution in [0.5, 0.6) is 0 Å². The van der Waals surface area contributed by atoms with Gasteiger partial charge < -0.3 is 0 Å². The summed E-state index contributed by atoms with van der Waals surface area (Å²) in [5.41, 5.74) is 0.521. The molecule has 0 radical (unpaired) electrons. The van der Waals surface area contributed by atoms with Gasteiger partial charge >= 0.3 is 0 Å². The van der Waals surface area contributed by atoms with E-state index in [0.29, 0.717) is 5.56 Å². The van der Waals surface area contributed by atoms with E-state index in [4.69, 9.17) is 0 Å². The van der Waals surface area contributed by atoms with Crippen LogP contribution < -0.4 is 0 Å². The van der Waals surface area contributed by atoms with Crippen LogP contribution in [0.4, 0.5) is 0 Å². The number of hydrogen-bond acceptors (Lipinski definition) is 3. The van der Waals surface area contributed by atoms with Crippen molar-refractivity contribution >= 4 is 15.6 Å². The molecule has 1 aromatic carbocycles. The Morgan fingerprint density at radius 2 is 1.50 bits per heavy atom. The lowest BCUT2D eigenvalue weighted by atomic mass is 10.2. The first-order valence-corrected chi connectivity index (χ1v) is 6.50. The van der Waals surface area contributed by atoms with Crippen LogP contribution in [0.1, 0.15) is 38.1 Å². The van der Waals surface area contributed by atoms with Crippen LogP contribution in [0, 0.1) is 0 Å². The zero-order valence-electron chi connectivity index (χ0n) is 9.94. The molecule has 0 saturated carbocycles. The third-order valence-corrected chi connectivity index (χ3v) is 4.88. The fourth-order valence-corrected chi connectivity index (χ4v) is 2.42. The van der Waals surface area contributed by atoms with Crippen LogP contribution >= 0.6 is 0 Å². The first kappa shape index (κ1) is 12.9. The molecule has 0 bridgehead atoms. The summed E-state index contributed by atoms with van der Waals surface area (Å²) in [5, 5.41) is 0. The van der Waals surface area contributed by atoms with Crippen LogP contribution in [-0.4, -0.2) is 18.9 Å². The largest absolute Gasteiger partial charge is 0.295 e. The summed E-state index contributed by atoms with van der Waals surface area (Å²) in [6.45, 7) is 6.41. The fraction of sp³-hybridized carbons (Fsp3) is 0.417. The SMILES string of the molecule is CC(=O)c1ccc(S(=O)(=O)C(C)(C)C)cc1. The van der Waals surface area contributed by atoms with E-state index >= 15 is 0 Å². The van der Waals surface area contributed by atoms with Crippen molar-refractivity contribution in [2.24, 2.45) is 0 Å². The highest BCUT2D eigenvalue weighted by Gasteiger charge is 2.30. The molecule has 1 aromatic rings. The molecule has 0 aliphatic heterocycles. The molecule has 0 aromatic heterocycles. The number of rotatable bonds is 2. The molecular weight excluding hydrogens is 224 g/mol. The van der Waals surface area contributed by atoms with Gasteiger partial charge in [0.05, 0.1) is 9.64 Å². The molecule has 0 spiro atoms. The van der Waals surface area contributed by atoms with Gasteiger partial charge in [0.1, 0.15) is 0 Å². The summed E-state index contributed by atoms with van der Waals surface area (Å²) in [6.07, 6.45) is 0. The Morgan fingerprint density at radius 3 is 1.81 bits per heavy atom. The lowest BCUT2D eigenvalue weighted by Crippen LogP contribution is -2.27. The van der Waals surface area contributed by atoms with E-state index < -0.39 is 14.6 Å². The van der Waals surface area contributed by atoms with E-state index in [1.165, 1.54) is 19.1 Å². The molecule has 0 atom stereocenters. The zero-order valence-corrected chi connectivity index (χ0v) is 10.8. The highest BCUT2D eigenvalue weighted by Crippen LogP contribution is 2.24. The maximum atomic E-state index is 12.0. The summed E-state index contributed by atoms with van der Waals surface area (Å²) in [6, 6.07) is 6.05. The highest BCUT2D eigenvalue weighted by molar-refractivity contribution is 7.92. The van der Waals surface area contributed by atoms with E-state index in [-0.39, 0.29) is 10.7 Å². The van der Waals surface area contributed by atoms with Crippen LogP contribution in [0.2, 0.25) is 0 Å². The Kier molecular flexibility index (Phi) is 3.24. The highest BCUT2D eigenvalue weighted by atomic mass is 32.2. The Balaban J connectivity index is 3.23. The summed E-state index contributed by atoms with van der Waals surface area (Å²) in [5.74, 6) is -0.0697. The Hall–Kier alpha value is -1.16. The standard InChI is InChI=1S/C12H16O3S/c1-9(13)10-5-7-11(8-6-10)16(14,15)12(2,3)4/h5-8H,1-4H3. The molecule has 3 nitrogen and oxygen atoms in total. The average molecular weight is 240 g/mol. The van der Waals surface area contributed by atoms with Crippen molar-refractivity contribution < 1.29 is 13.2 Å². The third-order valence-electron chi connectivity index (χ3n) is 2.38. The minimum absolute atomic E-state index is 0.0697. The molecule has 16 heavy (non-hydrogen) atoms. The summed E-state index contributed by atoms with van der Waals surface area (Å²) < 4.78 is 23.3. The number of sulfone groups is 1. The van der Waals surface area contributed by atoms with Gasteiger partial charge in [0, 0.05) is 5.56 Å². The van der Waals surface area contributed by atoms with E-state index in [2.05, 4.69) is 0 Å². The first-order valence-electron chi connectivity index (χ1n) is 5.02. The number of benzene rings is 1. The topological polar surface area (TPSA) is 51.2 Å². The molecular formula is C12H16O3S. The minimum Gasteiger partial charge on any atom is -0.295 e. The molecule has 0 unspecified atom stereocenters. The monoisotopic (exact) mass is 240 g/mol. The van der Waals surface area contributed by atoms with Crippen LogP contribution in [0.15, 0.2) is 29.2 Å². The normalized spacial score (nSPS) is 12.5. The molecule has 0 N–H and O–H groups in total. The molecule has 0 saturated heterocycles. The Bertz CT molecular complexity index is 490. The predicted octanol–water partition coefficient (Wildman–Crippen LogP) is 2.46. The van der Waals surface area contributed by atoms with Crippen molar-refractivity contribution in [1.29, 1.82) is 0 Å². The van der Waals surface area contributed by atoms with Gasteiger partial charge in [0.15, 0.2) is 15.6 Å². The van der Waals surface area contributed by atoms with E-state index in [0.717, 1.165) is 0 Å². The first-order chi connectivity index (χ1) is 7.16. The van der Waals surface area contributed by atoms with Crippen LogP contribution in [0.3, 0.4) is 0 Å². The molecule has 0 aliphatic rings. The molecule has 0 amide bonds. The zero-order chi connectivity index (χ0) is 12.6. The van der Waals surface area contributed by atoms with Crippen molar-refractivity contribution in [3.8, 4) is 0 Å². The summed E-state index contributed by atoms with van der Waals surface area (Å²) in [7, 11) is -3.33. The van der Waals surface area contributed by atoms with E-state index in [1.54, 1.807) is 32.9 Å². The predicted molar refractivity (Wildman–Crippen MR) is 63.4 cm³/mol. The maximum absolute atomic E-state index is 12.0. The van der Waals surface area contributed by atoms with Crippen molar-refractivity contribution in [2.45, 2.75) is 37.3 Å². The smallest absolute Gasteiger partial charge is 0.183 e. The van der Waals surface area contributed by atoms with Gasteiger partial charge in [-0.1, -0.05) is 12.1 Å². The molecule has 1 rings (SSSR count). The van der Waals surface area contributed by atoms with Crippen molar-refractivity contribution in [3.05, 3.63) is 29.8 Å². The van der Waals surface area contributed by atoms with E-state index in [9.17, 15) is 13.2 Å². The second kappa shape index (κ2) is 4.01. The molecule has 88 valence electrons. The van der Waals surface area contributed by atoms with Gasteiger partial charge in [-0.2, -0.15) is 0 Å². The fourth-order valence-electron chi connectivity index (χ4n) is 1.22. The van der Waals surface area contributed by atoms with Crippen LogP contribution in [-0.2, 0) is 9.84 Å². The van der Waals surface area contributed by atoms with Gasteiger partial charge in [-0.05, 0) is 39.8 Å². The lowest BCUT2D eigenvalue weighted by Gasteiger charge is -2.19. The second-order valence-electron chi connectivity index (χ2n) is 4.70. The number of Topliss-reactive ketones (excluding diaryl/α,β-unsaturated/α-hetero) is 1. The van der Waals surface area contributed by atoms with Gasteiger partial charge in [-0.25, -0.2) is 8.42 Å². The quantitative estimate of drug-likeness (QED) is 0.746. The van der Waals surface area contributed by atoms with Gasteiger partial charge in [-0.3, -0.25) is 4.79 Å². The Morgan fingerprint density at radius 1 is 1.06 bits per heavy atom. The third kappa shape index (κ3) is 2.32. The molecule has 4 heteroatoms. The lowest BCUT2D eigenvalue weighted by molar-refractivity contribution is 0.101. The number of ketones is 1. The molecule has 0 aliphatic carbocycles. The molecule has 0 fully saturated rings.